The molecule has 0 atom stereocenters. The molecule has 4 nitrogen and oxygen atoms in total. The predicted octanol–water partition coefficient (Wildman–Crippen LogP) is 4.68. The molecule has 21 heavy (non-hydrogen) atoms. The molecule has 0 unspecified atom stereocenters. The fourth-order valence-electron chi connectivity index (χ4n) is 1.68. The molecule has 2 aromatic carbocycles. The van der Waals surface area contributed by atoms with Crippen molar-refractivity contribution in [3.05, 3.63) is 50.4 Å². The van der Waals surface area contributed by atoms with Crippen LogP contribution in [0.5, 0.6) is 0 Å². The van der Waals surface area contributed by atoms with E-state index in [1.807, 2.05) is 0 Å². The SMILES string of the molecule is Nc1cc(Cl)cc(Cl)c1S(=O)(=O)Nc1cc(Cl)cc(Cl)c1. The van der Waals surface area contributed by atoms with E-state index in [1.54, 1.807) is 0 Å². The second-order valence-electron chi connectivity index (χ2n) is 4.07. The van der Waals surface area contributed by atoms with E-state index >= 15 is 0 Å². The molecule has 0 saturated heterocycles. The lowest BCUT2D eigenvalue weighted by Gasteiger charge is -2.12. The van der Waals surface area contributed by atoms with Crippen LogP contribution in [0.1, 0.15) is 0 Å². The largest absolute Gasteiger partial charge is 0.398 e. The van der Waals surface area contributed by atoms with E-state index in [4.69, 9.17) is 52.1 Å². The quantitative estimate of drug-likeness (QED) is 0.753. The number of hydrogen-bond acceptors (Lipinski definition) is 3. The van der Waals surface area contributed by atoms with Gasteiger partial charge in [-0.3, -0.25) is 4.72 Å². The number of nitrogen functional groups attached to an aromatic ring is 1. The van der Waals surface area contributed by atoms with Crippen LogP contribution >= 0.6 is 46.4 Å². The van der Waals surface area contributed by atoms with E-state index < -0.39 is 10.0 Å². The molecule has 0 heterocycles. The van der Waals surface area contributed by atoms with Gasteiger partial charge < -0.3 is 5.73 Å². The zero-order chi connectivity index (χ0) is 15.8. The second kappa shape index (κ2) is 6.10. The highest BCUT2D eigenvalue weighted by atomic mass is 35.5. The second-order valence-corrected chi connectivity index (χ2v) is 7.41. The molecule has 0 aliphatic heterocycles. The minimum atomic E-state index is -4.01. The molecule has 0 aliphatic carbocycles. The summed E-state index contributed by atoms with van der Waals surface area (Å²) in [5, 5.41) is 0.730. The van der Waals surface area contributed by atoms with Gasteiger partial charge in [0, 0.05) is 15.1 Å². The summed E-state index contributed by atoms with van der Waals surface area (Å²) >= 11 is 23.3. The first kappa shape index (κ1) is 16.5. The molecule has 0 aliphatic rings. The van der Waals surface area contributed by atoms with Gasteiger partial charge in [-0.05, 0) is 30.3 Å². The Morgan fingerprint density at radius 2 is 1.38 bits per heavy atom. The first-order valence-corrected chi connectivity index (χ1v) is 8.42. The Labute approximate surface area is 141 Å². The molecule has 2 rings (SSSR count). The molecule has 0 spiro atoms. The van der Waals surface area contributed by atoms with Gasteiger partial charge in [0.1, 0.15) is 4.90 Å². The summed E-state index contributed by atoms with van der Waals surface area (Å²) in [5.74, 6) is 0. The maximum Gasteiger partial charge on any atom is 0.265 e. The summed E-state index contributed by atoms with van der Waals surface area (Å²) in [6.45, 7) is 0. The van der Waals surface area contributed by atoms with Crippen molar-refractivity contribution in [3.8, 4) is 0 Å². The summed E-state index contributed by atoms with van der Waals surface area (Å²) in [7, 11) is -4.01. The molecule has 0 amide bonds. The molecular weight excluding hydrogens is 378 g/mol. The topological polar surface area (TPSA) is 72.2 Å². The maximum absolute atomic E-state index is 12.4. The Balaban J connectivity index is 2.48. The van der Waals surface area contributed by atoms with Gasteiger partial charge in [-0.1, -0.05) is 46.4 Å². The highest BCUT2D eigenvalue weighted by Crippen LogP contribution is 2.33. The van der Waals surface area contributed by atoms with Gasteiger partial charge >= 0.3 is 0 Å². The Bertz CT molecular complexity index is 766. The van der Waals surface area contributed by atoms with E-state index in [0.717, 1.165) is 0 Å². The summed E-state index contributed by atoms with van der Waals surface area (Å²) in [6.07, 6.45) is 0. The molecule has 9 heteroatoms. The number of hydrogen-bond donors (Lipinski definition) is 2. The van der Waals surface area contributed by atoms with Gasteiger partial charge in [0.25, 0.3) is 10.0 Å². The zero-order valence-electron chi connectivity index (χ0n) is 10.2. The number of rotatable bonds is 3. The predicted molar refractivity (Wildman–Crippen MR) is 88.1 cm³/mol. The van der Waals surface area contributed by atoms with Gasteiger partial charge in [-0.15, -0.1) is 0 Å². The number of nitrogens with two attached hydrogens (primary N) is 1. The number of anilines is 2. The molecule has 0 radical (unpaired) electrons. The van der Waals surface area contributed by atoms with E-state index in [-0.39, 0.29) is 36.4 Å². The number of nitrogens with one attached hydrogen (secondary N) is 1. The van der Waals surface area contributed by atoms with Crippen LogP contribution in [0.15, 0.2) is 35.2 Å². The third-order valence-corrected chi connectivity index (χ3v) is 4.98. The highest BCUT2D eigenvalue weighted by molar-refractivity contribution is 7.93. The van der Waals surface area contributed by atoms with Gasteiger partial charge in [0.05, 0.1) is 16.4 Å². The van der Waals surface area contributed by atoms with Crippen molar-refractivity contribution in [1.82, 2.24) is 0 Å². The fraction of sp³-hybridized carbons (Fsp3) is 0. The summed E-state index contributed by atoms with van der Waals surface area (Å²) in [5.41, 5.74) is 5.81. The van der Waals surface area contributed by atoms with E-state index in [9.17, 15) is 8.42 Å². The van der Waals surface area contributed by atoms with Crippen molar-refractivity contribution in [2.45, 2.75) is 4.90 Å². The van der Waals surface area contributed by atoms with Crippen LogP contribution in [0.4, 0.5) is 11.4 Å². The van der Waals surface area contributed by atoms with Crippen LogP contribution in [0.2, 0.25) is 20.1 Å². The van der Waals surface area contributed by atoms with Crippen LogP contribution in [0.25, 0.3) is 0 Å². The van der Waals surface area contributed by atoms with Crippen molar-refractivity contribution in [2.24, 2.45) is 0 Å². The van der Waals surface area contributed by atoms with Crippen molar-refractivity contribution in [3.63, 3.8) is 0 Å². The zero-order valence-corrected chi connectivity index (χ0v) is 14.0. The Morgan fingerprint density at radius 1 is 0.857 bits per heavy atom. The standard InChI is InChI=1S/C12H8Cl4N2O2S/c13-6-1-7(14)3-9(2-6)18-21(19,20)12-10(16)4-8(15)5-11(12)17/h1-5,18H,17H2. The Kier molecular flexibility index (Phi) is 4.80. The van der Waals surface area contributed by atoms with Crippen LogP contribution in [0, 0.1) is 0 Å². The average molecular weight is 386 g/mol. The van der Waals surface area contributed by atoms with E-state index in [1.165, 1.54) is 30.3 Å². The van der Waals surface area contributed by atoms with Crippen molar-refractivity contribution < 1.29 is 8.42 Å². The molecule has 0 fully saturated rings. The summed E-state index contributed by atoms with van der Waals surface area (Å²) < 4.78 is 27.1. The number of benzene rings is 2. The first-order chi connectivity index (χ1) is 9.69. The molecule has 0 bridgehead atoms. The molecule has 0 saturated carbocycles. The van der Waals surface area contributed by atoms with Gasteiger partial charge in [-0.2, -0.15) is 0 Å². The fourth-order valence-corrected chi connectivity index (χ4v) is 4.24. The van der Waals surface area contributed by atoms with Gasteiger partial charge in [0.15, 0.2) is 0 Å². The Morgan fingerprint density at radius 3 is 1.90 bits per heavy atom. The first-order valence-electron chi connectivity index (χ1n) is 5.42. The van der Waals surface area contributed by atoms with Crippen molar-refractivity contribution >= 4 is 67.8 Å². The minimum absolute atomic E-state index is 0.0619. The normalized spacial score (nSPS) is 11.4. The van der Waals surface area contributed by atoms with Crippen LogP contribution in [0.3, 0.4) is 0 Å². The lowest BCUT2D eigenvalue weighted by molar-refractivity contribution is 0.601. The lowest BCUT2D eigenvalue weighted by atomic mass is 10.3. The van der Waals surface area contributed by atoms with Crippen molar-refractivity contribution in [2.75, 3.05) is 10.5 Å². The average Bonchev–Trinajstić information content (AvgIpc) is 2.23. The third-order valence-electron chi connectivity index (χ3n) is 2.42. The van der Waals surface area contributed by atoms with Crippen molar-refractivity contribution in [1.29, 1.82) is 0 Å². The summed E-state index contributed by atoms with van der Waals surface area (Å²) in [4.78, 5) is -0.260. The molecule has 112 valence electrons. The molecular formula is C12H8Cl4N2O2S. The third kappa shape index (κ3) is 3.87. The minimum Gasteiger partial charge on any atom is -0.398 e. The summed E-state index contributed by atoms with van der Waals surface area (Å²) in [6, 6.07) is 6.88. The molecule has 2 aromatic rings. The number of halogens is 4. The lowest BCUT2D eigenvalue weighted by Crippen LogP contribution is -2.15. The van der Waals surface area contributed by atoms with E-state index in [0.29, 0.717) is 0 Å². The monoisotopic (exact) mass is 384 g/mol. The van der Waals surface area contributed by atoms with Crippen LogP contribution < -0.4 is 10.5 Å². The number of sulfonamides is 1. The van der Waals surface area contributed by atoms with Gasteiger partial charge in [0.2, 0.25) is 0 Å². The van der Waals surface area contributed by atoms with Gasteiger partial charge in [-0.25, -0.2) is 8.42 Å². The van der Waals surface area contributed by atoms with Crippen LogP contribution in [-0.2, 0) is 10.0 Å². The van der Waals surface area contributed by atoms with Crippen LogP contribution in [-0.4, -0.2) is 8.42 Å². The maximum atomic E-state index is 12.4. The smallest absolute Gasteiger partial charge is 0.265 e. The molecule has 3 N–H and O–H groups in total. The Hall–Kier alpha value is -0.850. The van der Waals surface area contributed by atoms with E-state index in [2.05, 4.69) is 4.72 Å². The molecule has 0 aromatic heterocycles. The highest BCUT2D eigenvalue weighted by Gasteiger charge is 2.22.